The minimum absolute atomic E-state index is 0. The van der Waals surface area contributed by atoms with Crippen LogP contribution in [0.3, 0.4) is 0 Å². The Balaban J connectivity index is 0.00000256. The van der Waals surface area contributed by atoms with E-state index in [-0.39, 0.29) is 17.0 Å². The van der Waals surface area contributed by atoms with Crippen LogP contribution in [0.4, 0.5) is 0 Å². The van der Waals surface area contributed by atoms with Crippen molar-refractivity contribution in [2.45, 2.75) is 13.1 Å². The van der Waals surface area contributed by atoms with E-state index in [1.54, 1.807) is 0 Å². The molecule has 2 heterocycles. The zero-order valence-corrected chi connectivity index (χ0v) is 19.8. The van der Waals surface area contributed by atoms with Crippen LogP contribution in [-0.2, 0) is 13.1 Å². The monoisotopic (exact) mass is 505 g/mol. The topological polar surface area (TPSA) is 26.3 Å². The van der Waals surface area contributed by atoms with Crippen LogP contribution in [0.25, 0.3) is 22.6 Å². The predicted octanol–water partition coefficient (Wildman–Crippen LogP) is 4.29. The fourth-order valence-corrected chi connectivity index (χ4v) is 3.62. The minimum atomic E-state index is 0. The van der Waals surface area contributed by atoms with Gasteiger partial charge < -0.3 is 30.3 Å². The number of quaternary nitrogens is 1. The van der Waals surface area contributed by atoms with Crippen molar-refractivity contribution < 1.29 is 30.3 Å². The molecule has 0 saturated carbocycles. The van der Waals surface area contributed by atoms with Gasteiger partial charge in [-0.2, -0.15) is 0 Å². The van der Waals surface area contributed by atoms with E-state index in [0.717, 1.165) is 57.3 Å². The zero-order chi connectivity index (χ0) is 20.4. The molecule has 4 rings (SSSR count). The number of rotatable bonds is 6. The van der Waals surface area contributed by atoms with Gasteiger partial charge in [0.25, 0.3) is 0 Å². The van der Waals surface area contributed by atoms with Crippen LogP contribution in [0.1, 0.15) is 11.5 Å². The van der Waals surface area contributed by atoms with E-state index in [1.807, 2.05) is 72.8 Å². The Morgan fingerprint density at radius 2 is 0.967 bits per heavy atom. The molecule has 0 spiro atoms. The van der Waals surface area contributed by atoms with Crippen LogP contribution < -0.4 is 17.0 Å². The molecule has 0 aliphatic rings. The maximum Gasteiger partial charge on any atom is 0.159 e. The molecule has 0 radical (unpaired) electrons. The molecular weight excluding hydrogens is 485 g/mol. The maximum absolute atomic E-state index is 6.07. The summed E-state index contributed by atoms with van der Waals surface area (Å²) in [5, 5.41) is 1.43. The highest BCUT2D eigenvalue weighted by atomic mass is 79.9. The highest BCUT2D eigenvalue weighted by Crippen LogP contribution is 2.28. The highest BCUT2D eigenvalue weighted by Gasteiger charge is 2.21. The van der Waals surface area contributed by atoms with Gasteiger partial charge in [0.15, 0.2) is 11.5 Å². The van der Waals surface area contributed by atoms with Gasteiger partial charge in [-0.3, -0.25) is 0 Å². The highest BCUT2D eigenvalue weighted by molar-refractivity contribution is 6.30. The summed E-state index contributed by atoms with van der Waals surface area (Å²) >= 11 is 11.9. The van der Waals surface area contributed by atoms with E-state index in [2.05, 4.69) is 14.1 Å². The molecule has 3 nitrogen and oxygen atoms in total. The summed E-state index contributed by atoms with van der Waals surface area (Å²) < 4.78 is 12.8. The number of hydrogen-bond donors (Lipinski definition) is 0. The number of hydrogen-bond acceptors (Lipinski definition) is 2. The first-order valence-corrected chi connectivity index (χ1v) is 10.1. The lowest BCUT2D eigenvalue weighted by Gasteiger charge is -2.27. The van der Waals surface area contributed by atoms with Crippen molar-refractivity contribution in [2.75, 3.05) is 14.1 Å². The Morgan fingerprint density at radius 3 is 1.33 bits per heavy atom. The van der Waals surface area contributed by atoms with Crippen molar-refractivity contribution in [3.05, 3.63) is 94.4 Å². The third-order valence-electron chi connectivity index (χ3n) is 4.75. The Hall–Kier alpha value is -1.98. The molecule has 0 atom stereocenters. The van der Waals surface area contributed by atoms with E-state index in [0.29, 0.717) is 4.48 Å². The van der Waals surface area contributed by atoms with Gasteiger partial charge in [-0.1, -0.05) is 23.2 Å². The summed E-state index contributed by atoms with van der Waals surface area (Å²) in [6.07, 6.45) is 0. The fraction of sp³-hybridized carbons (Fsp3) is 0.167. The summed E-state index contributed by atoms with van der Waals surface area (Å²) in [6.45, 7) is 1.51. The van der Waals surface area contributed by atoms with E-state index in [1.165, 1.54) is 0 Å². The van der Waals surface area contributed by atoms with Gasteiger partial charge in [-0.25, -0.2) is 0 Å². The Morgan fingerprint density at radius 1 is 0.600 bits per heavy atom. The van der Waals surface area contributed by atoms with Crippen molar-refractivity contribution in [1.29, 1.82) is 0 Å². The first-order chi connectivity index (χ1) is 13.9. The van der Waals surface area contributed by atoms with Gasteiger partial charge >= 0.3 is 0 Å². The van der Waals surface area contributed by atoms with E-state index < -0.39 is 0 Å². The van der Waals surface area contributed by atoms with Gasteiger partial charge in [0.2, 0.25) is 0 Å². The molecule has 2 aromatic carbocycles. The van der Waals surface area contributed by atoms with Crippen molar-refractivity contribution in [2.24, 2.45) is 0 Å². The number of benzene rings is 2. The third kappa shape index (κ3) is 5.58. The van der Waals surface area contributed by atoms with E-state index >= 15 is 0 Å². The SMILES string of the molecule is C[N+](C)(Cc1ccc(-c2ccc(Cl)cc2)o1)Cc1ccc(-c2ccc(Cl)cc2)o1.[Br-]. The normalized spacial score (nSPS) is 11.3. The number of halogens is 3. The van der Waals surface area contributed by atoms with Crippen molar-refractivity contribution in [1.82, 2.24) is 0 Å². The second-order valence-electron chi connectivity index (χ2n) is 7.80. The maximum atomic E-state index is 6.07. The third-order valence-corrected chi connectivity index (χ3v) is 5.25. The van der Waals surface area contributed by atoms with Crippen molar-refractivity contribution >= 4 is 23.2 Å². The molecule has 0 N–H and O–H groups in total. The van der Waals surface area contributed by atoms with Gasteiger partial charge in [-0.15, -0.1) is 0 Å². The lowest BCUT2D eigenvalue weighted by atomic mass is 10.2. The molecule has 30 heavy (non-hydrogen) atoms. The molecule has 0 amide bonds. The summed E-state index contributed by atoms with van der Waals surface area (Å²) in [5.74, 6) is 3.56. The summed E-state index contributed by atoms with van der Waals surface area (Å²) in [7, 11) is 4.32. The van der Waals surface area contributed by atoms with Crippen molar-refractivity contribution in [3.63, 3.8) is 0 Å². The summed E-state index contributed by atoms with van der Waals surface area (Å²) in [5.41, 5.74) is 2.04. The zero-order valence-electron chi connectivity index (χ0n) is 16.7. The lowest BCUT2D eigenvalue weighted by molar-refractivity contribution is -0.918. The molecule has 156 valence electrons. The molecule has 4 aromatic rings. The standard InChI is InChI=1S/C24H22Cl2NO2.BrH/c1-27(2,15-21-11-13-23(28-21)17-3-7-19(25)8-4-17)16-22-12-14-24(29-22)18-5-9-20(26)10-6-18;/h3-14H,15-16H2,1-2H3;1H/q+1;/p-1. The quantitative estimate of drug-likeness (QED) is 0.364. The number of furan rings is 2. The Bertz CT molecular complexity index is 1010. The van der Waals surface area contributed by atoms with Gasteiger partial charge in [-0.05, 0) is 72.8 Å². The average Bonchev–Trinajstić information content (AvgIpc) is 3.32. The fourth-order valence-electron chi connectivity index (χ4n) is 3.36. The Labute approximate surface area is 197 Å². The van der Waals surface area contributed by atoms with Crippen LogP contribution in [0, 0.1) is 0 Å². The lowest BCUT2D eigenvalue weighted by Crippen LogP contribution is -3.00. The molecule has 6 heteroatoms. The summed E-state index contributed by atoms with van der Waals surface area (Å²) in [4.78, 5) is 0. The molecule has 0 unspecified atom stereocenters. The molecular formula is C24H22BrCl2NO2. The number of nitrogens with zero attached hydrogens (tertiary/aromatic N) is 1. The van der Waals surface area contributed by atoms with Crippen LogP contribution in [0.15, 0.2) is 81.6 Å². The molecule has 0 fully saturated rings. The molecule has 0 aliphatic carbocycles. The molecule has 0 bridgehead atoms. The first-order valence-electron chi connectivity index (χ1n) is 9.39. The van der Waals surface area contributed by atoms with Crippen LogP contribution in [-0.4, -0.2) is 18.6 Å². The van der Waals surface area contributed by atoms with E-state index in [9.17, 15) is 0 Å². The molecule has 0 saturated heterocycles. The Kier molecular flexibility index (Phi) is 7.14. The molecule has 2 aromatic heterocycles. The van der Waals surface area contributed by atoms with Gasteiger partial charge in [0, 0.05) is 21.2 Å². The van der Waals surface area contributed by atoms with Crippen molar-refractivity contribution in [3.8, 4) is 22.6 Å². The van der Waals surface area contributed by atoms with Gasteiger partial charge in [0.05, 0.1) is 14.1 Å². The van der Waals surface area contributed by atoms with E-state index in [4.69, 9.17) is 32.0 Å². The van der Waals surface area contributed by atoms with Crippen LogP contribution in [0.2, 0.25) is 10.0 Å². The van der Waals surface area contributed by atoms with Crippen LogP contribution >= 0.6 is 23.2 Å². The largest absolute Gasteiger partial charge is 1.00 e. The average molecular weight is 507 g/mol. The van der Waals surface area contributed by atoms with Crippen LogP contribution in [0.5, 0.6) is 0 Å². The molecule has 0 aliphatic heterocycles. The second-order valence-corrected chi connectivity index (χ2v) is 8.67. The predicted molar refractivity (Wildman–Crippen MR) is 118 cm³/mol. The summed E-state index contributed by atoms with van der Waals surface area (Å²) in [6, 6.07) is 23.4. The second kappa shape index (κ2) is 9.44. The smallest absolute Gasteiger partial charge is 0.159 e. The van der Waals surface area contributed by atoms with Gasteiger partial charge in [0.1, 0.15) is 24.6 Å². The first kappa shape index (κ1) is 22.7. The minimum Gasteiger partial charge on any atom is -1.00 e.